The number of para-hydroxylation sites is 1. The number of amides is 1. The Labute approximate surface area is 143 Å². The average Bonchev–Trinajstić information content (AvgIpc) is 2.95. The molecule has 1 aromatic heterocycles. The summed E-state index contributed by atoms with van der Waals surface area (Å²) in [6, 6.07) is 17.1. The zero-order chi connectivity index (χ0) is 16.9. The monoisotopic (exact) mass is 320 g/mol. The summed E-state index contributed by atoms with van der Waals surface area (Å²) in [5.41, 5.74) is 5.24. The number of hydrogen-bond acceptors (Lipinski definition) is 1. The van der Waals surface area contributed by atoms with Crippen LogP contribution < -0.4 is 5.32 Å². The second kappa shape index (κ2) is 7.35. The van der Waals surface area contributed by atoms with E-state index < -0.39 is 0 Å². The number of nitrogens with one attached hydrogen (secondary N) is 1. The molecular weight excluding hydrogens is 296 g/mol. The number of aryl methyl sites for hydroxylation is 2. The van der Waals surface area contributed by atoms with Gasteiger partial charge in [0.25, 0.3) is 0 Å². The summed E-state index contributed by atoms with van der Waals surface area (Å²) in [5.74, 6) is 0.110. The van der Waals surface area contributed by atoms with Gasteiger partial charge in [-0.05, 0) is 42.5 Å². The van der Waals surface area contributed by atoms with Crippen LogP contribution in [0.2, 0.25) is 0 Å². The second-order valence-electron chi connectivity index (χ2n) is 6.25. The van der Waals surface area contributed by atoms with E-state index in [9.17, 15) is 4.79 Å². The Morgan fingerprint density at radius 2 is 1.79 bits per heavy atom. The Bertz CT molecular complexity index is 848. The Morgan fingerprint density at radius 3 is 2.58 bits per heavy atom. The molecule has 3 aromatic rings. The van der Waals surface area contributed by atoms with Crippen LogP contribution in [0.1, 0.15) is 29.5 Å². The lowest BCUT2D eigenvalue weighted by atomic mass is 10.1. The zero-order valence-corrected chi connectivity index (χ0v) is 14.4. The fourth-order valence-corrected chi connectivity index (χ4v) is 3.19. The van der Waals surface area contributed by atoms with Gasteiger partial charge in [-0.3, -0.25) is 4.79 Å². The lowest BCUT2D eigenvalue weighted by molar-refractivity contribution is -0.120. The lowest BCUT2D eigenvalue weighted by Gasteiger charge is -2.08. The number of carbonyl (C=O) groups excluding carboxylic acids is 1. The number of hydrogen-bond donors (Lipinski definition) is 1. The molecule has 24 heavy (non-hydrogen) atoms. The first-order valence-corrected chi connectivity index (χ1v) is 8.51. The van der Waals surface area contributed by atoms with E-state index in [0.717, 1.165) is 19.4 Å². The van der Waals surface area contributed by atoms with Gasteiger partial charge < -0.3 is 9.88 Å². The molecule has 0 unspecified atom stereocenters. The van der Waals surface area contributed by atoms with Crippen LogP contribution in [-0.2, 0) is 17.8 Å². The second-order valence-corrected chi connectivity index (χ2v) is 6.25. The summed E-state index contributed by atoms with van der Waals surface area (Å²) in [5, 5.41) is 3.98. The first kappa shape index (κ1) is 16.3. The summed E-state index contributed by atoms with van der Waals surface area (Å²) in [6.45, 7) is 3.04. The number of aromatic nitrogens is 1. The predicted octanol–water partition coefficient (Wildman–Crippen LogP) is 4.07. The van der Waals surface area contributed by atoms with E-state index in [4.69, 9.17) is 0 Å². The summed E-state index contributed by atoms with van der Waals surface area (Å²) in [6.07, 6.45) is 4.63. The SMILES string of the molecule is CNC(=O)CCCc1cn(Cc2ccccc2C)c2ccccc12. The standard InChI is InChI=1S/C21H24N2O/c1-16-8-3-4-9-17(16)14-23-15-18(10-7-13-21(24)22-2)19-11-5-6-12-20(19)23/h3-6,8-9,11-12,15H,7,10,13-14H2,1-2H3,(H,22,24). The highest BCUT2D eigenvalue weighted by atomic mass is 16.1. The third-order valence-electron chi connectivity index (χ3n) is 4.60. The molecule has 1 N–H and O–H groups in total. The fraction of sp³-hybridized carbons (Fsp3) is 0.286. The molecule has 3 nitrogen and oxygen atoms in total. The van der Waals surface area contributed by atoms with Gasteiger partial charge in [0.2, 0.25) is 5.91 Å². The smallest absolute Gasteiger partial charge is 0.219 e. The normalized spacial score (nSPS) is 10.9. The van der Waals surface area contributed by atoms with Gasteiger partial charge in [0.15, 0.2) is 0 Å². The fourth-order valence-electron chi connectivity index (χ4n) is 3.19. The van der Waals surface area contributed by atoms with Crippen LogP contribution in [0.4, 0.5) is 0 Å². The van der Waals surface area contributed by atoms with Crippen LogP contribution in [0.25, 0.3) is 10.9 Å². The molecule has 124 valence electrons. The molecular formula is C21H24N2O. The molecule has 0 bridgehead atoms. The third kappa shape index (κ3) is 3.51. The molecule has 0 radical (unpaired) electrons. The molecule has 0 spiro atoms. The van der Waals surface area contributed by atoms with E-state index in [1.807, 2.05) is 0 Å². The first-order chi connectivity index (χ1) is 11.7. The van der Waals surface area contributed by atoms with E-state index in [1.165, 1.54) is 27.6 Å². The van der Waals surface area contributed by atoms with Crippen LogP contribution in [0.3, 0.4) is 0 Å². The summed E-state index contributed by atoms with van der Waals surface area (Å²) < 4.78 is 2.33. The minimum atomic E-state index is 0.110. The van der Waals surface area contributed by atoms with Crippen molar-refractivity contribution in [3.8, 4) is 0 Å². The molecule has 0 aliphatic rings. The highest BCUT2D eigenvalue weighted by molar-refractivity contribution is 5.84. The minimum Gasteiger partial charge on any atom is -0.359 e. The van der Waals surface area contributed by atoms with Gasteiger partial charge in [0.05, 0.1) is 0 Å². The Balaban J connectivity index is 1.86. The van der Waals surface area contributed by atoms with Gasteiger partial charge in [0.1, 0.15) is 0 Å². The van der Waals surface area contributed by atoms with E-state index in [2.05, 4.69) is 71.5 Å². The molecule has 1 amide bonds. The van der Waals surface area contributed by atoms with E-state index in [1.54, 1.807) is 7.05 Å². The summed E-state index contributed by atoms with van der Waals surface area (Å²) >= 11 is 0. The third-order valence-corrected chi connectivity index (χ3v) is 4.60. The van der Waals surface area contributed by atoms with E-state index in [-0.39, 0.29) is 5.91 Å². The van der Waals surface area contributed by atoms with Crippen molar-refractivity contribution < 1.29 is 4.79 Å². The van der Waals surface area contributed by atoms with Gasteiger partial charge in [-0.1, -0.05) is 42.5 Å². The van der Waals surface area contributed by atoms with Crippen molar-refractivity contribution in [1.82, 2.24) is 9.88 Å². The maximum absolute atomic E-state index is 11.4. The molecule has 0 saturated carbocycles. The molecule has 1 heterocycles. The topological polar surface area (TPSA) is 34.0 Å². The molecule has 3 heteroatoms. The molecule has 0 fully saturated rings. The molecule has 0 atom stereocenters. The quantitative estimate of drug-likeness (QED) is 0.730. The Hall–Kier alpha value is -2.55. The molecule has 3 rings (SSSR count). The van der Waals surface area contributed by atoms with Crippen LogP contribution in [0.15, 0.2) is 54.7 Å². The largest absolute Gasteiger partial charge is 0.359 e. The van der Waals surface area contributed by atoms with Crippen LogP contribution in [0, 0.1) is 6.92 Å². The number of carbonyl (C=O) groups is 1. The highest BCUT2D eigenvalue weighted by Gasteiger charge is 2.10. The Morgan fingerprint density at radius 1 is 1.04 bits per heavy atom. The summed E-state index contributed by atoms with van der Waals surface area (Å²) in [4.78, 5) is 11.4. The Kier molecular flexibility index (Phi) is 4.99. The van der Waals surface area contributed by atoms with Crippen molar-refractivity contribution in [2.75, 3.05) is 7.05 Å². The average molecular weight is 320 g/mol. The highest BCUT2D eigenvalue weighted by Crippen LogP contribution is 2.24. The minimum absolute atomic E-state index is 0.110. The van der Waals surface area contributed by atoms with Crippen molar-refractivity contribution in [3.63, 3.8) is 0 Å². The summed E-state index contributed by atoms with van der Waals surface area (Å²) in [7, 11) is 1.69. The van der Waals surface area contributed by atoms with Crippen LogP contribution >= 0.6 is 0 Å². The zero-order valence-electron chi connectivity index (χ0n) is 14.4. The van der Waals surface area contributed by atoms with Gasteiger partial charge in [-0.15, -0.1) is 0 Å². The molecule has 0 saturated heterocycles. The number of fused-ring (bicyclic) bond motifs is 1. The molecule has 2 aromatic carbocycles. The maximum atomic E-state index is 11.4. The van der Waals surface area contributed by atoms with Gasteiger partial charge in [-0.2, -0.15) is 0 Å². The molecule has 0 aliphatic heterocycles. The number of nitrogens with zero attached hydrogens (tertiary/aromatic N) is 1. The van der Waals surface area contributed by atoms with E-state index in [0.29, 0.717) is 6.42 Å². The maximum Gasteiger partial charge on any atom is 0.219 e. The van der Waals surface area contributed by atoms with E-state index >= 15 is 0 Å². The van der Waals surface area contributed by atoms with Crippen molar-refractivity contribution >= 4 is 16.8 Å². The van der Waals surface area contributed by atoms with Gasteiger partial charge in [0, 0.05) is 37.1 Å². The van der Waals surface area contributed by atoms with Gasteiger partial charge >= 0.3 is 0 Å². The van der Waals surface area contributed by atoms with Crippen molar-refractivity contribution in [1.29, 1.82) is 0 Å². The molecule has 0 aliphatic carbocycles. The van der Waals surface area contributed by atoms with Gasteiger partial charge in [-0.25, -0.2) is 0 Å². The lowest BCUT2D eigenvalue weighted by Crippen LogP contribution is -2.17. The predicted molar refractivity (Wildman–Crippen MR) is 99.2 cm³/mol. The first-order valence-electron chi connectivity index (χ1n) is 8.51. The van der Waals surface area contributed by atoms with Crippen molar-refractivity contribution in [2.45, 2.75) is 32.7 Å². The van der Waals surface area contributed by atoms with Crippen molar-refractivity contribution in [2.24, 2.45) is 0 Å². The number of benzene rings is 2. The van der Waals surface area contributed by atoms with Crippen molar-refractivity contribution in [3.05, 3.63) is 71.4 Å². The number of rotatable bonds is 6. The van der Waals surface area contributed by atoms with Crippen LogP contribution in [0.5, 0.6) is 0 Å². The van der Waals surface area contributed by atoms with Crippen LogP contribution in [-0.4, -0.2) is 17.5 Å².